The monoisotopic (exact) mass is 174 g/mol. The molecule has 6 heteroatoms. The van der Waals surface area contributed by atoms with Gasteiger partial charge in [-0.1, -0.05) is 0 Å². The molecule has 0 atom stereocenters. The molecule has 0 aromatic heterocycles. The van der Waals surface area contributed by atoms with Crippen molar-refractivity contribution in [3.8, 4) is 11.8 Å². The van der Waals surface area contributed by atoms with Crippen molar-refractivity contribution < 1.29 is 26.3 Å². The number of halogens is 6. The third-order valence-corrected chi connectivity index (χ3v) is 1.17. The number of hydrogen-bond acceptors (Lipinski definition) is 0. The van der Waals surface area contributed by atoms with Crippen molar-refractivity contribution in [3.63, 3.8) is 0 Å². The van der Waals surface area contributed by atoms with Crippen LogP contribution >= 0.6 is 0 Å². The molecule has 0 N–H and O–H groups in total. The molecule has 0 aliphatic heterocycles. The van der Waals surface area contributed by atoms with Crippen molar-refractivity contribution in [2.24, 2.45) is 0 Å². The van der Waals surface area contributed by atoms with E-state index in [0.29, 0.717) is 11.8 Å². The molecule has 0 saturated carbocycles. The zero-order chi connectivity index (χ0) is 8.91. The second-order valence-corrected chi connectivity index (χ2v) is 1.97. The molecular formula is C5F6. The van der Waals surface area contributed by atoms with Gasteiger partial charge in [0.15, 0.2) is 0 Å². The summed E-state index contributed by atoms with van der Waals surface area (Å²) < 4.78 is 71.0. The molecule has 0 radical (unpaired) electrons. The Morgan fingerprint density at radius 1 is 0.636 bits per heavy atom. The summed E-state index contributed by atoms with van der Waals surface area (Å²) >= 11 is 0. The van der Waals surface area contributed by atoms with Gasteiger partial charge in [0.25, 0.3) is 0 Å². The smallest absolute Gasteiger partial charge is 0.190 e. The summed E-state index contributed by atoms with van der Waals surface area (Å²) in [6.45, 7) is 0. The summed E-state index contributed by atoms with van der Waals surface area (Å²) in [7, 11) is 0. The average Bonchev–Trinajstić information content (AvgIpc) is 1.93. The predicted molar refractivity (Wildman–Crippen MR) is 22.6 cm³/mol. The Balaban J connectivity index is 3.13. The first kappa shape index (κ1) is 8.24. The summed E-state index contributed by atoms with van der Waals surface area (Å²) in [5, 5.41) is 0. The molecule has 0 nitrogen and oxygen atoms in total. The van der Waals surface area contributed by atoms with Crippen LogP contribution in [-0.4, -0.2) is 17.8 Å². The lowest BCUT2D eigenvalue weighted by atomic mass is 10.2. The summed E-state index contributed by atoms with van der Waals surface area (Å²) in [5.74, 6) is -14.3. The number of alkyl halides is 6. The van der Waals surface area contributed by atoms with Gasteiger partial charge < -0.3 is 0 Å². The van der Waals surface area contributed by atoms with Crippen LogP contribution in [0, 0.1) is 11.8 Å². The van der Waals surface area contributed by atoms with Crippen LogP contribution in [0.5, 0.6) is 0 Å². The lowest BCUT2D eigenvalue weighted by Crippen LogP contribution is -2.48. The normalized spacial score (nSPS) is 29.3. The highest BCUT2D eigenvalue weighted by Gasteiger charge is 2.74. The molecule has 1 aliphatic carbocycles. The molecule has 0 spiro atoms. The minimum absolute atomic E-state index is 0.493. The Hall–Kier alpha value is -0.860. The molecular weight excluding hydrogens is 174 g/mol. The van der Waals surface area contributed by atoms with Gasteiger partial charge in [0.2, 0.25) is 0 Å². The standard InChI is InChI=1S/C5F6/c6-3(7)1-2-4(8,9)5(3,10)11. The van der Waals surface area contributed by atoms with E-state index < -0.39 is 17.8 Å². The van der Waals surface area contributed by atoms with Crippen LogP contribution < -0.4 is 0 Å². The third kappa shape index (κ3) is 0.800. The van der Waals surface area contributed by atoms with E-state index in [1.807, 2.05) is 0 Å². The first-order valence-electron chi connectivity index (χ1n) is 2.38. The molecule has 1 rings (SSSR count). The van der Waals surface area contributed by atoms with Gasteiger partial charge in [0, 0.05) is 0 Å². The lowest BCUT2D eigenvalue weighted by molar-refractivity contribution is -0.256. The van der Waals surface area contributed by atoms with Crippen LogP contribution in [0.15, 0.2) is 0 Å². The molecule has 11 heavy (non-hydrogen) atoms. The Labute approximate surface area is 57.2 Å². The van der Waals surface area contributed by atoms with Gasteiger partial charge in [-0.15, -0.1) is 0 Å². The number of rotatable bonds is 0. The van der Waals surface area contributed by atoms with Gasteiger partial charge in [-0.05, 0) is 11.8 Å². The van der Waals surface area contributed by atoms with Crippen molar-refractivity contribution in [2.75, 3.05) is 0 Å². The van der Waals surface area contributed by atoms with Gasteiger partial charge in [-0.2, -0.15) is 26.3 Å². The van der Waals surface area contributed by atoms with E-state index in [0.717, 1.165) is 0 Å². The highest BCUT2D eigenvalue weighted by Crippen LogP contribution is 2.48. The van der Waals surface area contributed by atoms with Crippen LogP contribution in [-0.2, 0) is 0 Å². The van der Waals surface area contributed by atoms with Crippen LogP contribution in [0.4, 0.5) is 26.3 Å². The molecule has 0 unspecified atom stereocenters. The first-order chi connectivity index (χ1) is 4.71. The fourth-order valence-electron chi connectivity index (χ4n) is 0.511. The first-order valence-corrected chi connectivity index (χ1v) is 2.38. The van der Waals surface area contributed by atoms with E-state index in [4.69, 9.17) is 0 Å². The lowest BCUT2D eigenvalue weighted by Gasteiger charge is -2.21. The SMILES string of the molecule is FC1(F)C#CC(F)(F)C1(F)F. The van der Waals surface area contributed by atoms with Crippen molar-refractivity contribution in [3.05, 3.63) is 0 Å². The van der Waals surface area contributed by atoms with Crippen molar-refractivity contribution >= 4 is 0 Å². The van der Waals surface area contributed by atoms with E-state index >= 15 is 0 Å². The maximum atomic E-state index is 11.9. The highest BCUT2D eigenvalue weighted by atomic mass is 19.3. The van der Waals surface area contributed by atoms with Crippen molar-refractivity contribution in [2.45, 2.75) is 17.8 Å². The summed E-state index contributed by atoms with van der Waals surface area (Å²) in [4.78, 5) is 0. The minimum Gasteiger partial charge on any atom is -0.190 e. The highest BCUT2D eigenvalue weighted by molar-refractivity contribution is 5.32. The van der Waals surface area contributed by atoms with Gasteiger partial charge in [-0.3, -0.25) is 0 Å². The maximum absolute atomic E-state index is 11.9. The molecule has 0 aromatic carbocycles. The maximum Gasteiger partial charge on any atom is 0.395 e. The van der Waals surface area contributed by atoms with E-state index in [1.165, 1.54) is 0 Å². The molecule has 0 saturated heterocycles. The van der Waals surface area contributed by atoms with Crippen LogP contribution in [0.25, 0.3) is 0 Å². The Morgan fingerprint density at radius 3 is 1.00 bits per heavy atom. The predicted octanol–water partition coefficient (Wildman–Crippen LogP) is 1.91. The van der Waals surface area contributed by atoms with E-state index in [-0.39, 0.29) is 0 Å². The molecule has 0 amide bonds. The topological polar surface area (TPSA) is 0 Å². The van der Waals surface area contributed by atoms with Gasteiger partial charge in [0.1, 0.15) is 0 Å². The van der Waals surface area contributed by atoms with Crippen LogP contribution in [0.2, 0.25) is 0 Å². The Bertz CT molecular complexity index is 219. The van der Waals surface area contributed by atoms with Crippen LogP contribution in [0.1, 0.15) is 0 Å². The zero-order valence-electron chi connectivity index (χ0n) is 4.77. The van der Waals surface area contributed by atoms with Gasteiger partial charge in [-0.25, -0.2) is 0 Å². The zero-order valence-corrected chi connectivity index (χ0v) is 4.77. The van der Waals surface area contributed by atoms with E-state index in [1.54, 1.807) is 0 Å². The van der Waals surface area contributed by atoms with Gasteiger partial charge in [0.05, 0.1) is 0 Å². The summed E-state index contributed by atoms with van der Waals surface area (Å²) in [6, 6.07) is 0. The molecule has 0 heterocycles. The van der Waals surface area contributed by atoms with E-state index in [2.05, 4.69) is 0 Å². The minimum atomic E-state index is -5.40. The van der Waals surface area contributed by atoms with Crippen molar-refractivity contribution in [1.82, 2.24) is 0 Å². The van der Waals surface area contributed by atoms with Crippen molar-refractivity contribution in [1.29, 1.82) is 0 Å². The summed E-state index contributed by atoms with van der Waals surface area (Å²) in [5.41, 5.74) is 0. The molecule has 0 aromatic rings. The quantitative estimate of drug-likeness (QED) is 0.388. The van der Waals surface area contributed by atoms with E-state index in [9.17, 15) is 26.3 Å². The van der Waals surface area contributed by atoms with Crippen LogP contribution in [0.3, 0.4) is 0 Å². The fourth-order valence-corrected chi connectivity index (χ4v) is 0.511. The fraction of sp³-hybridized carbons (Fsp3) is 0.600. The average molecular weight is 174 g/mol. The second kappa shape index (κ2) is 1.65. The molecule has 0 bridgehead atoms. The number of hydrogen-bond donors (Lipinski definition) is 0. The van der Waals surface area contributed by atoms with Gasteiger partial charge >= 0.3 is 17.8 Å². The second-order valence-electron chi connectivity index (χ2n) is 1.97. The Morgan fingerprint density at radius 2 is 0.909 bits per heavy atom. The largest absolute Gasteiger partial charge is 0.395 e. The third-order valence-electron chi connectivity index (χ3n) is 1.17. The Kier molecular flexibility index (Phi) is 1.24. The summed E-state index contributed by atoms with van der Waals surface area (Å²) in [6.07, 6.45) is 0. The molecule has 1 aliphatic rings. The molecule has 0 fully saturated rings. The molecule has 62 valence electrons.